The summed E-state index contributed by atoms with van der Waals surface area (Å²) in [5.74, 6) is 0. The minimum absolute atomic E-state index is 0. The Morgan fingerprint density at radius 2 is 1.61 bits per heavy atom. The van der Waals surface area contributed by atoms with Crippen LogP contribution in [0.3, 0.4) is 0 Å². The zero-order valence-electron chi connectivity index (χ0n) is 28.0. The van der Waals surface area contributed by atoms with Crippen molar-refractivity contribution in [3.63, 3.8) is 0 Å². The van der Waals surface area contributed by atoms with E-state index in [-0.39, 0.29) is 20.1 Å². The second-order valence-corrected chi connectivity index (χ2v) is 13.4. The Morgan fingerprint density at radius 3 is 2.34 bits per heavy atom. The first-order valence-electron chi connectivity index (χ1n) is 15.5. The van der Waals surface area contributed by atoms with E-state index >= 15 is 0 Å². The Kier molecular flexibility index (Phi) is 8.45. The molecule has 5 heteroatoms. The number of hydrogen-bond acceptors (Lipinski definition) is 4. The minimum Gasteiger partial charge on any atom is -0.500 e. The second-order valence-electron chi connectivity index (χ2n) is 12.1. The molecule has 0 atom stereocenters. The summed E-state index contributed by atoms with van der Waals surface area (Å²) in [6, 6.07) is 28.7. The van der Waals surface area contributed by atoms with Crippen molar-refractivity contribution < 1.29 is 27.3 Å². The van der Waals surface area contributed by atoms with Crippen molar-refractivity contribution in [1.82, 2.24) is 9.97 Å². The van der Waals surface area contributed by atoms with E-state index < -0.39 is 11.8 Å². The van der Waals surface area contributed by atoms with Gasteiger partial charge in [0.2, 0.25) is 0 Å². The molecule has 3 aromatic carbocycles. The van der Waals surface area contributed by atoms with Crippen molar-refractivity contribution in [1.29, 1.82) is 0 Å². The van der Waals surface area contributed by atoms with Crippen LogP contribution in [-0.4, -0.2) is 9.97 Å². The molecule has 0 aliphatic heterocycles. The van der Waals surface area contributed by atoms with E-state index in [1.54, 1.807) is 23.6 Å². The van der Waals surface area contributed by atoms with E-state index in [0.29, 0.717) is 11.3 Å². The van der Waals surface area contributed by atoms with Crippen LogP contribution in [0.5, 0.6) is 0 Å². The van der Waals surface area contributed by atoms with Crippen molar-refractivity contribution in [2.75, 3.05) is 0 Å². The number of furan rings is 1. The maximum absolute atomic E-state index is 8.63. The van der Waals surface area contributed by atoms with Gasteiger partial charge in [-0.15, -0.1) is 64.9 Å². The van der Waals surface area contributed by atoms with Gasteiger partial charge >= 0.3 is 0 Å². The summed E-state index contributed by atoms with van der Waals surface area (Å²) in [4.78, 5) is 10.2. The van der Waals surface area contributed by atoms with E-state index in [9.17, 15) is 0 Å². The molecule has 0 spiro atoms. The Labute approximate surface area is 280 Å². The molecule has 7 aromatic rings. The number of nitrogens with zero attached hydrogens (tertiary/aromatic N) is 2. The van der Waals surface area contributed by atoms with E-state index in [1.165, 1.54) is 26.3 Å². The predicted molar refractivity (Wildman–Crippen MR) is 182 cm³/mol. The van der Waals surface area contributed by atoms with E-state index in [4.69, 9.17) is 7.16 Å². The van der Waals surface area contributed by atoms with Crippen LogP contribution in [0.25, 0.3) is 54.5 Å². The molecule has 7 rings (SSSR count). The minimum atomic E-state index is -1.49. The maximum atomic E-state index is 8.63. The van der Waals surface area contributed by atoms with Gasteiger partial charge in [0.1, 0.15) is 5.58 Å². The Morgan fingerprint density at radius 1 is 0.818 bits per heavy atom. The van der Waals surface area contributed by atoms with E-state index in [1.807, 2.05) is 51.2 Å². The molecule has 1 radical (unpaired) electrons. The van der Waals surface area contributed by atoms with Crippen LogP contribution in [0.15, 0.2) is 83.5 Å². The summed E-state index contributed by atoms with van der Waals surface area (Å²) < 4.78 is 24.9. The molecule has 3 nitrogen and oxygen atoms in total. The van der Waals surface area contributed by atoms with Gasteiger partial charge in [-0.25, -0.2) is 0 Å². The third kappa shape index (κ3) is 6.71. The van der Waals surface area contributed by atoms with Gasteiger partial charge in [0.25, 0.3) is 0 Å². The molecule has 4 heterocycles. The summed E-state index contributed by atoms with van der Waals surface area (Å²) in [5.41, 5.74) is 8.90. The van der Waals surface area contributed by atoms with Gasteiger partial charge in [0, 0.05) is 55.6 Å². The number of aryl methyl sites for hydroxylation is 4. The smallest absolute Gasteiger partial charge is 0.129 e. The SMILES string of the molecule is Cc1c[c-]c(-c2cc(C)c(C)cn2)cc1.[2H]C([2H])(c1ccnc(-c2[c-]ccc3c2oc2c4cc(C)sc4ccc32)c1)C(C)(C)C.[Ir]. The van der Waals surface area contributed by atoms with Gasteiger partial charge in [-0.05, 0) is 67.7 Å². The first-order chi connectivity index (χ1) is 21.3. The molecule has 225 valence electrons. The van der Waals surface area contributed by atoms with Gasteiger partial charge in [-0.1, -0.05) is 68.0 Å². The first-order valence-corrected chi connectivity index (χ1v) is 15.3. The van der Waals surface area contributed by atoms with Crippen LogP contribution in [-0.2, 0) is 26.5 Å². The maximum Gasteiger partial charge on any atom is 0.129 e. The molecule has 44 heavy (non-hydrogen) atoms. The fourth-order valence-electron chi connectivity index (χ4n) is 5.14. The fourth-order valence-corrected chi connectivity index (χ4v) is 6.06. The molecular weight excluding hydrogens is 737 g/mol. The number of aromatic nitrogens is 2. The Bertz CT molecular complexity index is 2180. The zero-order chi connectivity index (χ0) is 32.1. The Balaban J connectivity index is 0.000000220. The fraction of sp³-hybridized carbons (Fsp3) is 0.231. The summed E-state index contributed by atoms with van der Waals surface area (Å²) in [6.07, 6.45) is 2.09. The molecular formula is C39H36IrN2OS-2. The third-order valence-corrected chi connectivity index (χ3v) is 8.39. The van der Waals surface area contributed by atoms with Crippen LogP contribution in [0, 0.1) is 45.2 Å². The largest absolute Gasteiger partial charge is 0.500 e. The number of rotatable bonds is 3. The average molecular weight is 775 g/mol. The van der Waals surface area contributed by atoms with Gasteiger partial charge in [0.05, 0.1) is 5.58 Å². The summed E-state index contributed by atoms with van der Waals surface area (Å²) in [5, 5.41) is 3.23. The van der Waals surface area contributed by atoms with Gasteiger partial charge < -0.3 is 14.4 Å². The first kappa shape index (κ1) is 29.1. The molecule has 0 unspecified atom stereocenters. The topological polar surface area (TPSA) is 38.9 Å². The molecule has 0 amide bonds. The molecule has 0 aliphatic carbocycles. The van der Waals surface area contributed by atoms with E-state index in [2.05, 4.69) is 86.2 Å². The number of thiophene rings is 1. The molecule has 4 aromatic heterocycles. The summed E-state index contributed by atoms with van der Waals surface area (Å²) in [7, 11) is 0. The van der Waals surface area contributed by atoms with Crippen LogP contribution in [0.2, 0.25) is 0 Å². The van der Waals surface area contributed by atoms with Crippen LogP contribution in [0.4, 0.5) is 0 Å². The second kappa shape index (κ2) is 12.8. The third-order valence-electron chi connectivity index (χ3n) is 7.37. The molecule has 0 aliphatic rings. The van der Waals surface area contributed by atoms with Crippen LogP contribution < -0.4 is 0 Å². The summed E-state index contributed by atoms with van der Waals surface area (Å²) >= 11 is 1.76. The number of pyridine rings is 2. The standard InChI is InChI=1S/C25H22NOS.C14H14N.Ir/c1-15-12-20-22(28-15)9-8-18-17-6-5-7-19(23(17)27-24(18)20)21-13-16(10-11-26-21)14-25(2,3)4;1-10-4-6-13(7-5-10)14-8-11(2)12(3)9-15-14;/h5-6,8-13H,14H2,1-4H3;4-6,8-9H,1-3H3;/q2*-1;/i14D2;;. The molecule has 0 saturated heterocycles. The number of benzene rings is 3. The van der Waals surface area contributed by atoms with Crippen molar-refractivity contribution >= 4 is 43.4 Å². The quantitative estimate of drug-likeness (QED) is 0.168. The van der Waals surface area contributed by atoms with Crippen molar-refractivity contribution in [2.24, 2.45) is 5.41 Å². The average Bonchev–Trinajstić information content (AvgIpc) is 3.58. The van der Waals surface area contributed by atoms with Crippen molar-refractivity contribution in [3.8, 4) is 22.5 Å². The zero-order valence-corrected chi connectivity index (χ0v) is 29.3. The number of hydrogen-bond donors (Lipinski definition) is 0. The molecule has 0 fully saturated rings. The van der Waals surface area contributed by atoms with Gasteiger partial charge in [0.15, 0.2) is 0 Å². The van der Waals surface area contributed by atoms with Gasteiger partial charge in [-0.2, -0.15) is 0 Å². The summed E-state index contributed by atoms with van der Waals surface area (Å²) in [6.45, 7) is 14.1. The Hall–Kier alpha value is -3.63. The number of fused-ring (bicyclic) bond motifs is 5. The van der Waals surface area contributed by atoms with Gasteiger partial charge in [-0.3, -0.25) is 0 Å². The van der Waals surface area contributed by atoms with Crippen LogP contribution in [0.1, 0.15) is 50.6 Å². The predicted octanol–water partition coefficient (Wildman–Crippen LogP) is 11.0. The molecule has 0 saturated carbocycles. The van der Waals surface area contributed by atoms with E-state index in [0.717, 1.165) is 44.1 Å². The monoisotopic (exact) mass is 775 g/mol. The van der Waals surface area contributed by atoms with Crippen molar-refractivity contribution in [3.05, 3.63) is 118 Å². The molecule has 0 bridgehead atoms. The van der Waals surface area contributed by atoms with Crippen LogP contribution >= 0.6 is 11.3 Å². The molecule has 0 N–H and O–H groups in total. The van der Waals surface area contributed by atoms with Crippen molar-refractivity contribution in [2.45, 2.75) is 54.8 Å². The normalized spacial score (nSPS) is 12.4.